The lowest BCUT2D eigenvalue weighted by Crippen LogP contribution is -2.21. The van der Waals surface area contributed by atoms with Crippen LogP contribution in [0.1, 0.15) is 36.2 Å². The minimum atomic E-state index is -0.456. The molecule has 4 rings (SSSR count). The Morgan fingerprint density at radius 3 is 2.83 bits per heavy atom. The van der Waals surface area contributed by atoms with Crippen molar-refractivity contribution in [2.75, 3.05) is 11.9 Å². The van der Waals surface area contributed by atoms with Gasteiger partial charge in [-0.05, 0) is 61.1 Å². The Bertz CT molecular complexity index is 1150. The molecule has 0 bridgehead atoms. The van der Waals surface area contributed by atoms with Gasteiger partial charge in [0.25, 0.3) is 11.5 Å². The van der Waals surface area contributed by atoms with Crippen LogP contribution in [0.4, 0.5) is 5.69 Å². The molecule has 7 heteroatoms. The number of rotatable bonds is 7. The quantitative estimate of drug-likeness (QED) is 0.589. The number of H-pyrrole nitrogens is 1. The number of hydrogen-bond acceptors (Lipinski definition) is 5. The van der Waals surface area contributed by atoms with Gasteiger partial charge < -0.3 is 15.0 Å². The van der Waals surface area contributed by atoms with E-state index in [1.54, 1.807) is 18.2 Å². The molecule has 1 amide bonds. The Hall–Kier alpha value is -3.48. The van der Waals surface area contributed by atoms with E-state index in [9.17, 15) is 14.4 Å². The molecule has 0 spiro atoms. The van der Waals surface area contributed by atoms with Gasteiger partial charge >= 0.3 is 5.97 Å². The van der Waals surface area contributed by atoms with E-state index in [0.717, 1.165) is 24.9 Å². The number of carbonyl (C=O) groups excluding carboxylic acids is 2. The second-order valence-corrected chi connectivity index (χ2v) is 7.43. The Kier molecular flexibility index (Phi) is 5.88. The lowest BCUT2D eigenvalue weighted by Gasteiger charge is -2.08. The number of esters is 1. The molecule has 2 aromatic carbocycles. The molecule has 0 saturated carbocycles. The molecule has 3 aromatic rings. The average molecular weight is 405 g/mol. The molecular weight excluding hydrogens is 382 g/mol. The van der Waals surface area contributed by atoms with Crippen molar-refractivity contribution in [3.05, 3.63) is 69.8 Å². The van der Waals surface area contributed by atoms with Crippen LogP contribution in [0.5, 0.6) is 0 Å². The van der Waals surface area contributed by atoms with Crippen molar-refractivity contribution in [3.63, 3.8) is 0 Å². The highest BCUT2D eigenvalue weighted by Gasteiger charge is 2.13. The van der Waals surface area contributed by atoms with Crippen molar-refractivity contribution in [1.29, 1.82) is 0 Å². The monoisotopic (exact) mass is 405 g/mol. The van der Waals surface area contributed by atoms with Crippen molar-refractivity contribution in [2.24, 2.45) is 0 Å². The van der Waals surface area contributed by atoms with Gasteiger partial charge in [-0.25, -0.2) is 4.98 Å². The Morgan fingerprint density at radius 2 is 1.93 bits per heavy atom. The third-order valence-corrected chi connectivity index (χ3v) is 5.20. The predicted octanol–water partition coefficient (Wildman–Crippen LogP) is 2.92. The zero-order valence-corrected chi connectivity index (χ0v) is 16.6. The smallest absolute Gasteiger partial charge is 0.306 e. The van der Waals surface area contributed by atoms with Gasteiger partial charge in [0, 0.05) is 18.5 Å². The van der Waals surface area contributed by atoms with Crippen molar-refractivity contribution < 1.29 is 14.3 Å². The average Bonchev–Trinajstić information content (AvgIpc) is 3.20. The van der Waals surface area contributed by atoms with Gasteiger partial charge in [-0.15, -0.1) is 0 Å². The van der Waals surface area contributed by atoms with Crippen molar-refractivity contribution in [3.8, 4) is 0 Å². The number of nitrogens with one attached hydrogen (secondary N) is 2. The second-order valence-electron chi connectivity index (χ2n) is 7.43. The molecule has 1 aliphatic rings. The molecular formula is C23H23N3O4. The first-order valence-electron chi connectivity index (χ1n) is 10.1. The fourth-order valence-electron chi connectivity index (χ4n) is 3.72. The highest BCUT2D eigenvalue weighted by atomic mass is 16.5. The summed E-state index contributed by atoms with van der Waals surface area (Å²) in [4.78, 5) is 43.2. The fourth-order valence-corrected chi connectivity index (χ4v) is 3.72. The van der Waals surface area contributed by atoms with E-state index >= 15 is 0 Å². The first-order valence-corrected chi connectivity index (χ1v) is 10.1. The molecule has 0 saturated heterocycles. The Morgan fingerprint density at radius 1 is 1.10 bits per heavy atom. The molecule has 7 nitrogen and oxygen atoms in total. The summed E-state index contributed by atoms with van der Waals surface area (Å²) < 4.78 is 5.06. The van der Waals surface area contributed by atoms with Crippen LogP contribution in [-0.2, 0) is 33.6 Å². The summed E-state index contributed by atoms with van der Waals surface area (Å²) in [6.45, 7) is -0.318. The van der Waals surface area contributed by atoms with Crippen LogP contribution in [0.15, 0.2) is 47.3 Å². The van der Waals surface area contributed by atoms with Crippen LogP contribution >= 0.6 is 0 Å². The van der Waals surface area contributed by atoms with E-state index < -0.39 is 5.97 Å². The van der Waals surface area contributed by atoms with Crippen LogP contribution < -0.4 is 10.9 Å². The fraction of sp³-hybridized carbons (Fsp3) is 0.304. The van der Waals surface area contributed by atoms with Gasteiger partial charge in [-0.2, -0.15) is 0 Å². The molecule has 1 heterocycles. The SMILES string of the molecule is O=C(COC(=O)CCCc1nc2ccccc2c(=O)[nH]1)Nc1ccc2c(c1)CCC2. The molecule has 0 radical (unpaired) electrons. The van der Waals surface area contributed by atoms with Crippen molar-refractivity contribution >= 4 is 28.5 Å². The van der Waals surface area contributed by atoms with Crippen LogP contribution in [0.25, 0.3) is 10.9 Å². The maximum absolute atomic E-state index is 12.1. The molecule has 30 heavy (non-hydrogen) atoms. The summed E-state index contributed by atoms with van der Waals surface area (Å²) in [7, 11) is 0. The van der Waals surface area contributed by atoms with Gasteiger partial charge in [-0.3, -0.25) is 14.4 Å². The summed E-state index contributed by atoms with van der Waals surface area (Å²) in [6.07, 6.45) is 4.31. The second kappa shape index (κ2) is 8.90. The van der Waals surface area contributed by atoms with Crippen molar-refractivity contribution in [2.45, 2.75) is 38.5 Å². The topological polar surface area (TPSA) is 101 Å². The highest BCUT2D eigenvalue weighted by Crippen LogP contribution is 2.24. The standard InChI is InChI=1S/C23H23N3O4/c27-21(24-17-12-11-15-5-3-6-16(15)13-17)14-30-22(28)10-4-9-20-25-19-8-2-1-7-18(19)23(29)26-20/h1-2,7-8,11-13H,3-6,9-10,14H2,(H,24,27)(H,25,26,29). The summed E-state index contributed by atoms with van der Waals surface area (Å²) in [5.74, 6) is -0.287. The molecule has 0 fully saturated rings. The number of para-hydroxylation sites is 1. The number of benzene rings is 2. The highest BCUT2D eigenvalue weighted by molar-refractivity contribution is 5.92. The normalized spacial score (nSPS) is 12.5. The molecule has 1 aromatic heterocycles. The predicted molar refractivity (Wildman–Crippen MR) is 113 cm³/mol. The summed E-state index contributed by atoms with van der Waals surface area (Å²) >= 11 is 0. The summed E-state index contributed by atoms with van der Waals surface area (Å²) in [5.41, 5.74) is 3.76. The van der Waals surface area contributed by atoms with Crippen LogP contribution in [-0.4, -0.2) is 28.5 Å². The van der Waals surface area contributed by atoms with Crippen LogP contribution in [0, 0.1) is 0 Å². The number of nitrogens with zero attached hydrogens (tertiary/aromatic N) is 1. The number of aryl methyl sites for hydroxylation is 3. The Balaban J connectivity index is 1.21. The molecule has 0 unspecified atom stereocenters. The number of carbonyl (C=O) groups is 2. The number of amides is 1. The van der Waals surface area contributed by atoms with Crippen molar-refractivity contribution in [1.82, 2.24) is 9.97 Å². The maximum atomic E-state index is 12.1. The third-order valence-electron chi connectivity index (χ3n) is 5.20. The molecule has 0 atom stereocenters. The molecule has 154 valence electrons. The maximum Gasteiger partial charge on any atom is 0.306 e. The molecule has 1 aliphatic carbocycles. The zero-order valence-electron chi connectivity index (χ0n) is 16.6. The number of fused-ring (bicyclic) bond motifs is 2. The Labute approximate surface area is 173 Å². The minimum Gasteiger partial charge on any atom is -0.456 e. The number of hydrogen-bond donors (Lipinski definition) is 2. The number of aromatic amines is 1. The lowest BCUT2D eigenvalue weighted by molar-refractivity contribution is -0.147. The van der Waals surface area contributed by atoms with E-state index in [1.165, 1.54) is 11.1 Å². The summed E-state index contributed by atoms with van der Waals surface area (Å²) in [6, 6.07) is 13.0. The van der Waals surface area contributed by atoms with Gasteiger partial charge in [0.05, 0.1) is 10.9 Å². The van der Waals surface area contributed by atoms with Gasteiger partial charge in [0.2, 0.25) is 0 Å². The van der Waals surface area contributed by atoms with Crippen LogP contribution in [0.2, 0.25) is 0 Å². The van der Waals surface area contributed by atoms with E-state index in [4.69, 9.17) is 4.74 Å². The van der Waals surface area contributed by atoms with E-state index in [2.05, 4.69) is 15.3 Å². The number of aromatic nitrogens is 2. The van der Waals surface area contributed by atoms with Crippen LogP contribution in [0.3, 0.4) is 0 Å². The van der Waals surface area contributed by atoms with Gasteiger partial charge in [0.15, 0.2) is 6.61 Å². The largest absolute Gasteiger partial charge is 0.456 e. The zero-order chi connectivity index (χ0) is 20.9. The first kappa shape index (κ1) is 19.8. The molecule has 2 N–H and O–H groups in total. The van der Waals surface area contributed by atoms with Gasteiger partial charge in [-0.1, -0.05) is 18.2 Å². The van der Waals surface area contributed by atoms with Gasteiger partial charge in [0.1, 0.15) is 5.82 Å². The van der Waals surface area contributed by atoms with E-state index in [1.807, 2.05) is 24.3 Å². The molecule has 0 aliphatic heterocycles. The minimum absolute atomic E-state index is 0.142. The van der Waals surface area contributed by atoms with E-state index in [-0.39, 0.29) is 24.5 Å². The third kappa shape index (κ3) is 4.74. The summed E-state index contributed by atoms with van der Waals surface area (Å²) in [5, 5.41) is 3.30. The lowest BCUT2D eigenvalue weighted by atomic mass is 10.1. The van der Waals surface area contributed by atoms with E-state index in [0.29, 0.717) is 29.6 Å². The number of anilines is 1. The first-order chi connectivity index (χ1) is 14.6. The number of ether oxygens (including phenoxy) is 1.